The molecule has 0 aliphatic heterocycles. The van der Waals surface area contributed by atoms with Crippen molar-refractivity contribution in [2.24, 2.45) is 7.05 Å². The molecule has 1 aromatic carbocycles. The van der Waals surface area contributed by atoms with Gasteiger partial charge in [-0.15, -0.1) is 5.10 Å². The molecule has 2 aromatic heterocycles. The molecule has 3 aromatic rings. The Bertz CT molecular complexity index is 896. The van der Waals surface area contributed by atoms with E-state index in [1.807, 2.05) is 0 Å². The molecule has 21 heavy (non-hydrogen) atoms. The zero-order valence-corrected chi connectivity index (χ0v) is 11.3. The lowest BCUT2D eigenvalue weighted by molar-refractivity contribution is 0.0600. The molecule has 0 saturated carbocycles. The standard InChI is InChI=1S/C13H11N5O3/c1-17-11(9(7-14-17)13(20)21-2)18-12(19)8-5-3-4-6-10(8)15-16-18/h3-7H,1-2H3. The smallest absolute Gasteiger partial charge is 0.343 e. The van der Waals surface area contributed by atoms with E-state index in [4.69, 9.17) is 0 Å². The van der Waals surface area contributed by atoms with Gasteiger partial charge < -0.3 is 4.74 Å². The summed E-state index contributed by atoms with van der Waals surface area (Å²) in [6.45, 7) is 0. The molecule has 0 spiro atoms. The molecule has 8 heteroatoms. The van der Waals surface area contributed by atoms with Crippen LogP contribution in [0.4, 0.5) is 0 Å². The number of hydrogen-bond acceptors (Lipinski definition) is 6. The van der Waals surface area contributed by atoms with Gasteiger partial charge in [0.1, 0.15) is 11.1 Å². The first kappa shape index (κ1) is 13.0. The van der Waals surface area contributed by atoms with E-state index in [-0.39, 0.29) is 16.9 Å². The fraction of sp³-hybridized carbons (Fsp3) is 0.154. The number of ether oxygens (including phenoxy) is 1. The van der Waals surface area contributed by atoms with Crippen LogP contribution in [0.2, 0.25) is 0 Å². The highest BCUT2D eigenvalue weighted by Gasteiger charge is 2.21. The second kappa shape index (κ2) is 4.82. The molecule has 106 valence electrons. The predicted octanol–water partition coefficient (Wildman–Crippen LogP) is 0.301. The summed E-state index contributed by atoms with van der Waals surface area (Å²) in [5.74, 6) is -0.384. The number of hydrogen-bond donors (Lipinski definition) is 0. The van der Waals surface area contributed by atoms with E-state index in [2.05, 4.69) is 20.1 Å². The van der Waals surface area contributed by atoms with Crippen LogP contribution in [0.5, 0.6) is 0 Å². The van der Waals surface area contributed by atoms with Crippen LogP contribution in [-0.2, 0) is 11.8 Å². The summed E-state index contributed by atoms with van der Waals surface area (Å²) in [6, 6.07) is 6.85. The lowest BCUT2D eigenvalue weighted by atomic mass is 10.2. The van der Waals surface area contributed by atoms with Gasteiger partial charge in [0.2, 0.25) is 0 Å². The molecule has 3 rings (SSSR count). The number of carbonyl (C=O) groups excluding carboxylic acids is 1. The Kier molecular flexibility index (Phi) is 2.98. The third-order valence-corrected chi connectivity index (χ3v) is 3.08. The summed E-state index contributed by atoms with van der Waals surface area (Å²) >= 11 is 0. The van der Waals surface area contributed by atoms with E-state index in [9.17, 15) is 9.59 Å². The summed E-state index contributed by atoms with van der Waals surface area (Å²) in [5, 5.41) is 12.2. The molecule has 0 fully saturated rings. The van der Waals surface area contributed by atoms with Crippen molar-refractivity contribution < 1.29 is 9.53 Å². The Balaban J connectivity index is 2.31. The molecule has 0 aliphatic carbocycles. The lowest BCUT2D eigenvalue weighted by Crippen LogP contribution is -2.26. The zero-order valence-electron chi connectivity index (χ0n) is 11.3. The Hall–Kier alpha value is -3.03. The lowest BCUT2D eigenvalue weighted by Gasteiger charge is -2.07. The average Bonchev–Trinajstić information content (AvgIpc) is 2.89. The molecule has 0 unspecified atom stereocenters. The largest absolute Gasteiger partial charge is 0.465 e. The number of esters is 1. The molecule has 0 atom stereocenters. The molecule has 0 aliphatic rings. The van der Waals surface area contributed by atoms with Crippen molar-refractivity contribution in [3.63, 3.8) is 0 Å². The van der Waals surface area contributed by atoms with Gasteiger partial charge in [0.05, 0.1) is 18.7 Å². The third kappa shape index (κ3) is 1.97. The van der Waals surface area contributed by atoms with Crippen LogP contribution in [0.1, 0.15) is 10.4 Å². The van der Waals surface area contributed by atoms with E-state index in [1.54, 1.807) is 31.3 Å². The van der Waals surface area contributed by atoms with Crippen LogP contribution < -0.4 is 5.56 Å². The molecular formula is C13H11N5O3. The molecule has 0 N–H and O–H groups in total. The fourth-order valence-corrected chi connectivity index (χ4v) is 2.06. The average molecular weight is 285 g/mol. The Labute approximate surface area is 118 Å². The highest BCUT2D eigenvalue weighted by atomic mass is 16.5. The number of aromatic nitrogens is 5. The Morgan fingerprint density at radius 2 is 2.05 bits per heavy atom. The fourth-order valence-electron chi connectivity index (χ4n) is 2.06. The van der Waals surface area contributed by atoms with Gasteiger partial charge >= 0.3 is 5.97 Å². The van der Waals surface area contributed by atoms with Crippen LogP contribution >= 0.6 is 0 Å². The maximum Gasteiger partial charge on any atom is 0.343 e. The van der Waals surface area contributed by atoms with Gasteiger partial charge in [0, 0.05) is 7.05 Å². The second-order valence-electron chi connectivity index (χ2n) is 4.32. The van der Waals surface area contributed by atoms with E-state index in [1.165, 1.54) is 18.0 Å². The highest BCUT2D eigenvalue weighted by Crippen LogP contribution is 2.13. The number of rotatable bonds is 2. The van der Waals surface area contributed by atoms with Crippen molar-refractivity contribution in [1.82, 2.24) is 24.8 Å². The first-order valence-corrected chi connectivity index (χ1v) is 6.09. The number of carbonyl (C=O) groups is 1. The molecule has 0 saturated heterocycles. The molecule has 0 amide bonds. The van der Waals surface area contributed by atoms with Gasteiger partial charge in [-0.3, -0.25) is 9.48 Å². The summed E-state index contributed by atoms with van der Waals surface area (Å²) in [5.41, 5.74) is 0.251. The molecule has 0 bridgehead atoms. The monoisotopic (exact) mass is 285 g/mol. The van der Waals surface area contributed by atoms with Crippen LogP contribution in [0.25, 0.3) is 16.7 Å². The van der Waals surface area contributed by atoms with E-state index >= 15 is 0 Å². The number of nitrogens with zero attached hydrogens (tertiary/aromatic N) is 5. The van der Waals surface area contributed by atoms with E-state index in [0.29, 0.717) is 10.9 Å². The second-order valence-corrected chi connectivity index (χ2v) is 4.32. The first-order chi connectivity index (χ1) is 10.1. The normalized spacial score (nSPS) is 10.8. The minimum absolute atomic E-state index is 0.145. The molecule has 0 radical (unpaired) electrons. The number of benzene rings is 1. The van der Waals surface area contributed by atoms with Crippen molar-refractivity contribution >= 4 is 16.9 Å². The van der Waals surface area contributed by atoms with Gasteiger partial charge in [-0.05, 0) is 12.1 Å². The van der Waals surface area contributed by atoms with Crippen LogP contribution in [0.3, 0.4) is 0 Å². The van der Waals surface area contributed by atoms with Crippen LogP contribution in [-0.4, -0.2) is 37.9 Å². The quantitative estimate of drug-likeness (QED) is 0.629. The van der Waals surface area contributed by atoms with Gasteiger partial charge in [-0.1, -0.05) is 17.3 Å². The topological polar surface area (TPSA) is 91.9 Å². The summed E-state index contributed by atoms with van der Waals surface area (Å²) in [6.07, 6.45) is 1.32. The SMILES string of the molecule is COC(=O)c1cnn(C)c1-n1nnc2ccccc2c1=O. The van der Waals surface area contributed by atoms with Crippen LogP contribution in [0, 0.1) is 0 Å². The third-order valence-electron chi connectivity index (χ3n) is 3.08. The van der Waals surface area contributed by atoms with Crippen molar-refractivity contribution in [1.29, 1.82) is 0 Å². The predicted molar refractivity (Wildman–Crippen MR) is 73.2 cm³/mol. The summed E-state index contributed by atoms with van der Waals surface area (Å²) in [7, 11) is 2.86. The van der Waals surface area contributed by atoms with Crippen LogP contribution in [0.15, 0.2) is 35.3 Å². The number of fused-ring (bicyclic) bond motifs is 1. The highest BCUT2D eigenvalue weighted by molar-refractivity contribution is 5.92. The molecule has 8 nitrogen and oxygen atoms in total. The minimum atomic E-state index is -0.597. The van der Waals surface area contributed by atoms with Crippen molar-refractivity contribution in [2.45, 2.75) is 0 Å². The van der Waals surface area contributed by atoms with Gasteiger partial charge in [-0.2, -0.15) is 9.78 Å². The Morgan fingerprint density at radius 1 is 1.29 bits per heavy atom. The first-order valence-electron chi connectivity index (χ1n) is 6.09. The van der Waals surface area contributed by atoms with E-state index < -0.39 is 5.97 Å². The minimum Gasteiger partial charge on any atom is -0.465 e. The van der Waals surface area contributed by atoms with Crippen molar-refractivity contribution in [2.75, 3.05) is 7.11 Å². The maximum atomic E-state index is 12.5. The number of aryl methyl sites for hydroxylation is 1. The number of methoxy groups -OCH3 is 1. The van der Waals surface area contributed by atoms with Gasteiger partial charge in [-0.25, -0.2) is 4.79 Å². The van der Waals surface area contributed by atoms with Crippen molar-refractivity contribution in [3.05, 3.63) is 46.4 Å². The van der Waals surface area contributed by atoms with Gasteiger partial charge in [0.15, 0.2) is 5.82 Å². The zero-order chi connectivity index (χ0) is 15.0. The molecular weight excluding hydrogens is 274 g/mol. The van der Waals surface area contributed by atoms with E-state index in [0.717, 1.165) is 4.68 Å². The Morgan fingerprint density at radius 3 is 2.81 bits per heavy atom. The van der Waals surface area contributed by atoms with Gasteiger partial charge in [0.25, 0.3) is 5.56 Å². The van der Waals surface area contributed by atoms with Crippen molar-refractivity contribution in [3.8, 4) is 5.82 Å². The summed E-state index contributed by atoms with van der Waals surface area (Å²) in [4.78, 5) is 24.3. The maximum absolute atomic E-state index is 12.5. The molecule has 2 heterocycles. The summed E-state index contributed by atoms with van der Waals surface area (Å²) < 4.78 is 7.10.